The van der Waals surface area contributed by atoms with Crippen molar-refractivity contribution in [2.45, 2.75) is 45.4 Å². The van der Waals surface area contributed by atoms with Crippen molar-refractivity contribution >= 4 is 11.5 Å². The third-order valence-electron chi connectivity index (χ3n) is 3.64. The van der Waals surface area contributed by atoms with E-state index in [1.807, 2.05) is 0 Å². The maximum Gasteiger partial charge on any atom is 0.0647 e. The molecule has 0 N–H and O–H groups in total. The van der Waals surface area contributed by atoms with Crippen LogP contribution in [0.5, 0.6) is 0 Å². The number of hydrogen-bond acceptors (Lipinski definition) is 2. The largest absolute Gasteiger partial charge is 0.197 e. The molecule has 0 saturated heterocycles. The summed E-state index contributed by atoms with van der Waals surface area (Å²) in [5.74, 6) is 0. The molecule has 0 spiro atoms. The fraction of sp³-hybridized carbons (Fsp3) is 0.700. The Morgan fingerprint density at radius 2 is 1.67 bits per heavy atom. The van der Waals surface area contributed by atoms with Crippen molar-refractivity contribution in [2.24, 2.45) is 0 Å². The summed E-state index contributed by atoms with van der Waals surface area (Å²) in [6.07, 6.45) is 0. The zero-order chi connectivity index (χ0) is 9.15. The number of rotatable bonds is 0. The molecule has 0 amide bonds. The summed E-state index contributed by atoms with van der Waals surface area (Å²) in [6, 6.07) is 0. The Kier molecular flexibility index (Phi) is 1.32. The van der Waals surface area contributed by atoms with Crippen molar-refractivity contribution in [3.05, 3.63) is 16.1 Å². The zero-order valence-corrected chi connectivity index (χ0v) is 9.17. The molecular weight excluding hydrogens is 166 g/mol. The van der Waals surface area contributed by atoms with Crippen LogP contribution in [0.15, 0.2) is 0 Å². The first-order valence-corrected chi connectivity index (χ1v) is 5.13. The van der Waals surface area contributed by atoms with Crippen molar-refractivity contribution in [1.82, 2.24) is 4.37 Å². The van der Waals surface area contributed by atoms with Crippen LogP contribution in [0.1, 0.15) is 43.8 Å². The van der Waals surface area contributed by atoms with Gasteiger partial charge < -0.3 is 0 Å². The Morgan fingerprint density at radius 1 is 1.08 bits per heavy atom. The number of aryl methyl sites for hydroxylation is 1. The highest BCUT2D eigenvalue weighted by molar-refractivity contribution is 7.06. The van der Waals surface area contributed by atoms with Crippen LogP contribution in [0, 0.1) is 6.92 Å². The highest BCUT2D eigenvalue weighted by Gasteiger charge is 2.54. The molecule has 0 atom stereocenters. The molecule has 0 fully saturated rings. The molecule has 66 valence electrons. The van der Waals surface area contributed by atoms with Gasteiger partial charge in [0, 0.05) is 15.7 Å². The lowest BCUT2D eigenvalue weighted by molar-refractivity contribution is 0.235. The minimum absolute atomic E-state index is 0.271. The van der Waals surface area contributed by atoms with Crippen LogP contribution < -0.4 is 0 Å². The minimum atomic E-state index is 0.271. The van der Waals surface area contributed by atoms with E-state index >= 15 is 0 Å². The van der Waals surface area contributed by atoms with Gasteiger partial charge in [-0.2, -0.15) is 4.37 Å². The Hall–Kier alpha value is -0.370. The zero-order valence-electron chi connectivity index (χ0n) is 8.36. The van der Waals surface area contributed by atoms with E-state index in [0.29, 0.717) is 5.41 Å². The molecule has 2 rings (SSSR count). The van der Waals surface area contributed by atoms with Gasteiger partial charge >= 0.3 is 0 Å². The molecule has 0 bridgehead atoms. The maximum absolute atomic E-state index is 4.49. The number of aromatic nitrogens is 1. The van der Waals surface area contributed by atoms with Gasteiger partial charge in [0.1, 0.15) is 0 Å². The lowest BCUT2D eigenvalue weighted by Gasteiger charge is -2.51. The topological polar surface area (TPSA) is 12.9 Å². The van der Waals surface area contributed by atoms with Gasteiger partial charge in [0.05, 0.1) is 5.69 Å². The second kappa shape index (κ2) is 1.92. The molecule has 1 heterocycles. The smallest absolute Gasteiger partial charge is 0.0647 e. The maximum atomic E-state index is 4.49. The molecule has 0 unspecified atom stereocenters. The van der Waals surface area contributed by atoms with Crippen molar-refractivity contribution in [1.29, 1.82) is 0 Å². The van der Waals surface area contributed by atoms with Gasteiger partial charge in [-0.05, 0) is 24.0 Å². The Bertz CT molecular complexity index is 334. The molecule has 1 aliphatic carbocycles. The second-order valence-electron chi connectivity index (χ2n) is 4.71. The highest BCUT2D eigenvalue weighted by Crippen LogP contribution is 2.56. The predicted molar refractivity (Wildman–Crippen MR) is 52.9 cm³/mol. The van der Waals surface area contributed by atoms with E-state index in [1.54, 1.807) is 11.5 Å². The highest BCUT2D eigenvalue weighted by atomic mass is 32.1. The molecule has 0 saturated carbocycles. The molecule has 1 aromatic rings. The van der Waals surface area contributed by atoms with Crippen LogP contribution in [-0.2, 0) is 10.8 Å². The minimum Gasteiger partial charge on any atom is -0.197 e. The van der Waals surface area contributed by atoms with E-state index in [2.05, 4.69) is 39.0 Å². The van der Waals surface area contributed by atoms with Crippen LogP contribution in [0.25, 0.3) is 0 Å². The molecular formula is C10H15NS. The van der Waals surface area contributed by atoms with Crippen LogP contribution in [-0.4, -0.2) is 4.37 Å². The van der Waals surface area contributed by atoms with Gasteiger partial charge in [0.25, 0.3) is 0 Å². The fourth-order valence-corrected chi connectivity index (χ4v) is 3.07. The lowest BCUT2D eigenvalue weighted by atomic mass is 9.52. The number of fused-ring (bicyclic) bond motifs is 1. The molecule has 2 heteroatoms. The van der Waals surface area contributed by atoms with Crippen LogP contribution in [0.2, 0.25) is 0 Å². The quantitative estimate of drug-likeness (QED) is 0.599. The van der Waals surface area contributed by atoms with Gasteiger partial charge in [-0.25, -0.2) is 0 Å². The molecule has 1 aliphatic rings. The average molecular weight is 181 g/mol. The van der Waals surface area contributed by atoms with E-state index in [-0.39, 0.29) is 5.41 Å². The van der Waals surface area contributed by atoms with E-state index in [9.17, 15) is 0 Å². The summed E-state index contributed by atoms with van der Waals surface area (Å²) in [5, 5.41) is 0. The molecule has 0 aromatic carbocycles. The second-order valence-corrected chi connectivity index (χ2v) is 5.69. The van der Waals surface area contributed by atoms with Crippen molar-refractivity contribution in [3.8, 4) is 0 Å². The number of nitrogens with zero attached hydrogens (tertiary/aromatic N) is 1. The van der Waals surface area contributed by atoms with Crippen LogP contribution in [0.3, 0.4) is 0 Å². The SMILES string of the molecule is Cc1snc2c1C(C)(C)C2(C)C. The average Bonchev–Trinajstić information content (AvgIpc) is 2.30. The first-order chi connectivity index (χ1) is 5.39. The van der Waals surface area contributed by atoms with Gasteiger partial charge in [0.2, 0.25) is 0 Å². The van der Waals surface area contributed by atoms with Crippen LogP contribution in [0.4, 0.5) is 0 Å². The van der Waals surface area contributed by atoms with Crippen molar-refractivity contribution in [3.63, 3.8) is 0 Å². The van der Waals surface area contributed by atoms with Gasteiger partial charge in [-0.3, -0.25) is 0 Å². The lowest BCUT2D eigenvalue weighted by Crippen LogP contribution is -2.51. The summed E-state index contributed by atoms with van der Waals surface area (Å²) in [7, 11) is 0. The van der Waals surface area contributed by atoms with Gasteiger partial charge in [-0.15, -0.1) is 0 Å². The normalized spacial score (nSPS) is 23.1. The van der Waals surface area contributed by atoms with E-state index in [4.69, 9.17) is 0 Å². The van der Waals surface area contributed by atoms with Gasteiger partial charge in [-0.1, -0.05) is 27.7 Å². The van der Waals surface area contributed by atoms with E-state index in [0.717, 1.165) is 0 Å². The summed E-state index contributed by atoms with van der Waals surface area (Å²) in [6.45, 7) is 11.4. The van der Waals surface area contributed by atoms with Crippen LogP contribution >= 0.6 is 11.5 Å². The van der Waals surface area contributed by atoms with Crippen molar-refractivity contribution in [2.75, 3.05) is 0 Å². The summed E-state index contributed by atoms with van der Waals surface area (Å²) >= 11 is 1.65. The first kappa shape index (κ1) is 8.24. The monoisotopic (exact) mass is 181 g/mol. The Balaban J connectivity index is 2.67. The first-order valence-electron chi connectivity index (χ1n) is 4.36. The third-order valence-corrected chi connectivity index (χ3v) is 4.39. The molecule has 0 radical (unpaired) electrons. The summed E-state index contributed by atoms with van der Waals surface area (Å²) in [5.41, 5.74) is 3.42. The third kappa shape index (κ3) is 0.634. The Labute approximate surface area is 78.0 Å². The Morgan fingerprint density at radius 3 is 2.17 bits per heavy atom. The molecule has 1 nitrogen and oxygen atoms in total. The predicted octanol–water partition coefficient (Wildman–Crippen LogP) is 3.02. The van der Waals surface area contributed by atoms with E-state index < -0.39 is 0 Å². The molecule has 0 aliphatic heterocycles. The van der Waals surface area contributed by atoms with E-state index in [1.165, 1.54) is 16.1 Å². The van der Waals surface area contributed by atoms with Crippen molar-refractivity contribution < 1.29 is 0 Å². The fourth-order valence-electron chi connectivity index (χ4n) is 2.08. The summed E-state index contributed by atoms with van der Waals surface area (Å²) < 4.78 is 4.49. The molecule has 12 heavy (non-hydrogen) atoms. The molecule has 1 aromatic heterocycles. The number of hydrogen-bond donors (Lipinski definition) is 0. The summed E-state index contributed by atoms with van der Waals surface area (Å²) in [4.78, 5) is 1.40. The standard InChI is InChI=1S/C10H15NS/c1-6-7-8(11-12-6)10(4,5)9(7,2)3/h1-5H3. The van der Waals surface area contributed by atoms with Gasteiger partial charge in [0.15, 0.2) is 0 Å².